The quantitative estimate of drug-likeness (QED) is 0.687. The van der Waals surface area contributed by atoms with Crippen molar-refractivity contribution in [3.63, 3.8) is 0 Å². The minimum absolute atomic E-state index is 0.0283. The lowest BCUT2D eigenvalue weighted by molar-refractivity contribution is -0.119. The second kappa shape index (κ2) is 7.56. The first-order valence-corrected chi connectivity index (χ1v) is 7.84. The molecule has 3 aromatic rings. The highest BCUT2D eigenvalue weighted by atomic mass is 19.2. The van der Waals surface area contributed by atoms with Gasteiger partial charge in [-0.1, -0.05) is 11.2 Å². The highest BCUT2D eigenvalue weighted by Gasteiger charge is 2.24. The summed E-state index contributed by atoms with van der Waals surface area (Å²) in [5.74, 6) is -4.37. The summed E-state index contributed by atoms with van der Waals surface area (Å²) in [6, 6.07) is 5.30. The van der Waals surface area contributed by atoms with Gasteiger partial charge in [0, 0.05) is 18.1 Å². The molecule has 3 rings (SSSR count). The van der Waals surface area contributed by atoms with Crippen LogP contribution in [0.2, 0.25) is 0 Å². The van der Waals surface area contributed by atoms with Gasteiger partial charge in [-0.25, -0.2) is 17.6 Å². The van der Waals surface area contributed by atoms with Crippen molar-refractivity contribution in [1.29, 1.82) is 0 Å². The van der Waals surface area contributed by atoms with Crippen LogP contribution in [0.1, 0.15) is 24.4 Å². The summed E-state index contributed by atoms with van der Waals surface area (Å²) < 4.78 is 59.5. The van der Waals surface area contributed by atoms with Crippen LogP contribution in [0.25, 0.3) is 11.4 Å². The van der Waals surface area contributed by atoms with Gasteiger partial charge < -0.3 is 9.84 Å². The lowest BCUT2D eigenvalue weighted by Gasteiger charge is -2.17. The number of nitrogens with one attached hydrogen (secondary N) is 1. The SMILES string of the molecule is CC(=O)NC(Cc1nc(-c2ccc(F)c(F)c2)no1)c1c(F)cccc1F. The van der Waals surface area contributed by atoms with Crippen LogP contribution in [-0.4, -0.2) is 16.0 Å². The lowest BCUT2D eigenvalue weighted by atomic mass is 10.0. The normalized spacial score (nSPS) is 12.0. The van der Waals surface area contributed by atoms with Gasteiger partial charge in [0.1, 0.15) is 11.6 Å². The summed E-state index contributed by atoms with van der Waals surface area (Å²) in [5, 5.41) is 6.09. The van der Waals surface area contributed by atoms with Crippen LogP contribution in [0.4, 0.5) is 17.6 Å². The number of hydrogen-bond donors (Lipinski definition) is 1. The summed E-state index contributed by atoms with van der Waals surface area (Å²) in [4.78, 5) is 15.5. The average molecular weight is 379 g/mol. The molecule has 2 aromatic carbocycles. The Morgan fingerprint density at radius 3 is 2.41 bits per heavy atom. The molecule has 1 aromatic heterocycles. The fourth-order valence-corrected chi connectivity index (χ4v) is 2.58. The number of halogens is 4. The van der Waals surface area contributed by atoms with E-state index in [1.807, 2.05) is 0 Å². The highest BCUT2D eigenvalue weighted by molar-refractivity contribution is 5.73. The van der Waals surface area contributed by atoms with E-state index in [-0.39, 0.29) is 29.3 Å². The molecule has 0 fully saturated rings. The summed E-state index contributed by atoms with van der Waals surface area (Å²) in [7, 11) is 0. The van der Waals surface area contributed by atoms with Gasteiger partial charge >= 0.3 is 0 Å². The molecule has 1 atom stereocenters. The molecule has 1 N–H and O–H groups in total. The van der Waals surface area contributed by atoms with E-state index < -0.39 is 35.2 Å². The van der Waals surface area contributed by atoms with E-state index in [0.717, 1.165) is 24.3 Å². The zero-order valence-electron chi connectivity index (χ0n) is 14.0. The van der Waals surface area contributed by atoms with Crippen molar-refractivity contribution in [3.8, 4) is 11.4 Å². The van der Waals surface area contributed by atoms with Gasteiger partial charge in [0.25, 0.3) is 0 Å². The third-order valence-corrected chi connectivity index (χ3v) is 3.75. The van der Waals surface area contributed by atoms with Crippen molar-refractivity contribution >= 4 is 5.91 Å². The molecule has 27 heavy (non-hydrogen) atoms. The first-order chi connectivity index (χ1) is 12.8. The molecule has 5 nitrogen and oxygen atoms in total. The molecule has 0 aliphatic carbocycles. The number of carbonyl (C=O) groups is 1. The number of benzene rings is 2. The monoisotopic (exact) mass is 379 g/mol. The fraction of sp³-hybridized carbons (Fsp3) is 0.167. The lowest BCUT2D eigenvalue weighted by Crippen LogP contribution is -2.29. The van der Waals surface area contributed by atoms with Gasteiger partial charge in [0.05, 0.1) is 12.5 Å². The Labute approximate surface area is 151 Å². The van der Waals surface area contributed by atoms with Crippen molar-refractivity contribution in [1.82, 2.24) is 15.5 Å². The van der Waals surface area contributed by atoms with Crippen LogP contribution in [0.3, 0.4) is 0 Å². The Morgan fingerprint density at radius 2 is 1.78 bits per heavy atom. The Bertz CT molecular complexity index is 970. The largest absolute Gasteiger partial charge is 0.349 e. The Balaban J connectivity index is 1.90. The molecule has 9 heteroatoms. The van der Waals surface area contributed by atoms with Gasteiger partial charge in [-0.15, -0.1) is 0 Å². The van der Waals surface area contributed by atoms with Gasteiger partial charge in [0.15, 0.2) is 11.6 Å². The second-order valence-electron chi connectivity index (χ2n) is 5.73. The molecular formula is C18H13F4N3O2. The fourth-order valence-electron chi connectivity index (χ4n) is 2.58. The summed E-state index contributed by atoms with van der Waals surface area (Å²) in [6.45, 7) is 1.20. The highest BCUT2D eigenvalue weighted by Crippen LogP contribution is 2.25. The molecule has 0 spiro atoms. The van der Waals surface area contributed by atoms with Crippen molar-refractivity contribution in [2.75, 3.05) is 0 Å². The van der Waals surface area contributed by atoms with E-state index >= 15 is 0 Å². The molecule has 0 saturated heterocycles. The molecule has 0 saturated carbocycles. The number of nitrogens with zero attached hydrogens (tertiary/aromatic N) is 2. The van der Waals surface area contributed by atoms with E-state index in [9.17, 15) is 22.4 Å². The smallest absolute Gasteiger partial charge is 0.229 e. The van der Waals surface area contributed by atoms with E-state index in [1.165, 1.54) is 19.1 Å². The van der Waals surface area contributed by atoms with Crippen LogP contribution in [-0.2, 0) is 11.2 Å². The molecule has 0 aliphatic heterocycles. The topological polar surface area (TPSA) is 68.0 Å². The van der Waals surface area contributed by atoms with E-state index in [4.69, 9.17) is 4.52 Å². The zero-order valence-corrected chi connectivity index (χ0v) is 14.0. The van der Waals surface area contributed by atoms with Crippen LogP contribution < -0.4 is 5.32 Å². The maximum atomic E-state index is 14.1. The van der Waals surface area contributed by atoms with Crippen molar-refractivity contribution in [2.45, 2.75) is 19.4 Å². The first kappa shape index (κ1) is 18.6. The van der Waals surface area contributed by atoms with Crippen LogP contribution in [0.15, 0.2) is 40.9 Å². The van der Waals surface area contributed by atoms with Gasteiger partial charge in [-0.2, -0.15) is 4.98 Å². The van der Waals surface area contributed by atoms with E-state index in [2.05, 4.69) is 15.5 Å². The average Bonchev–Trinajstić information content (AvgIpc) is 3.05. The summed E-state index contributed by atoms with van der Waals surface area (Å²) in [6.07, 6.45) is -0.200. The van der Waals surface area contributed by atoms with Crippen LogP contribution >= 0.6 is 0 Å². The second-order valence-corrected chi connectivity index (χ2v) is 5.73. The first-order valence-electron chi connectivity index (χ1n) is 7.84. The van der Waals surface area contributed by atoms with Crippen molar-refractivity contribution in [3.05, 3.63) is 71.1 Å². The van der Waals surface area contributed by atoms with Crippen molar-refractivity contribution < 1.29 is 26.9 Å². The predicted octanol–water partition coefficient (Wildman–Crippen LogP) is 3.71. The number of amides is 1. The minimum Gasteiger partial charge on any atom is -0.349 e. The predicted molar refractivity (Wildman–Crippen MR) is 86.3 cm³/mol. The maximum absolute atomic E-state index is 14.1. The summed E-state index contributed by atoms with van der Waals surface area (Å²) in [5.41, 5.74) is -0.183. The molecule has 0 radical (unpaired) electrons. The molecule has 0 bridgehead atoms. The third kappa shape index (κ3) is 4.13. The Kier molecular flexibility index (Phi) is 5.20. The number of rotatable bonds is 5. The third-order valence-electron chi connectivity index (χ3n) is 3.75. The number of carbonyl (C=O) groups excluding carboxylic acids is 1. The Morgan fingerprint density at radius 1 is 1.07 bits per heavy atom. The zero-order chi connectivity index (χ0) is 19.6. The molecule has 140 valence electrons. The van der Waals surface area contributed by atoms with E-state index in [0.29, 0.717) is 0 Å². The maximum Gasteiger partial charge on any atom is 0.229 e. The molecule has 1 unspecified atom stereocenters. The standard InChI is InChI=1S/C18H13F4N3O2/c1-9(26)23-15(17-12(20)3-2-4-13(17)21)8-16-24-18(25-27-16)10-5-6-11(19)14(22)7-10/h2-7,15H,8H2,1H3,(H,23,26). The minimum atomic E-state index is -1.10. The molecular weight excluding hydrogens is 366 g/mol. The molecule has 0 aliphatic rings. The van der Waals surface area contributed by atoms with Crippen LogP contribution in [0, 0.1) is 23.3 Å². The molecule has 1 amide bonds. The Hall–Kier alpha value is -3.23. The van der Waals surface area contributed by atoms with Gasteiger partial charge in [-0.05, 0) is 30.3 Å². The van der Waals surface area contributed by atoms with E-state index in [1.54, 1.807) is 0 Å². The number of aromatic nitrogens is 2. The van der Waals surface area contributed by atoms with Crippen LogP contribution in [0.5, 0.6) is 0 Å². The van der Waals surface area contributed by atoms with Crippen molar-refractivity contribution in [2.24, 2.45) is 0 Å². The number of hydrogen-bond acceptors (Lipinski definition) is 4. The molecule has 1 heterocycles. The summed E-state index contributed by atoms with van der Waals surface area (Å²) >= 11 is 0. The van der Waals surface area contributed by atoms with Gasteiger partial charge in [0.2, 0.25) is 17.6 Å². The van der Waals surface area contributed by atoms with Gasteiger partial charge in [-0.3, -0.25) is 4.79 Å².